The molecule has 0 aliphatic carbocycles. The zero-order chi connectivity index (χ0) is 14.0. The Labute approximate surface area is 110 Å². The zero-order valence-corrected chi connectivity index (χ0v) is 11.0. The fourth-order valence-corrected chi connectivity index (χ4v) is 2.14. The second kappa shape index (κ2) is 5.06. The summed E-state index contributed by atoms with van der Waals surface area (Å²) < 4.78 is 12.6. The summed E-state index contributed by atoms with van der Waals surface area (Å²) >= 11 is 0. The van der Waals surface area contributed by atoms with Crippen molar-refractivity contribution in [3.63, 3.8) is 0 Å². The summed E-state index contributed by atoms with van der Waals surface area (Å²) in [6.45, 7) is 0. The number of carboxylic acids is 1. The van der Waals surface area contributed by atoms with Crippen LogP contribution in [0.25, 0.3) is 17.0 Å². The van der Waals surface area contributed by atoms with Crippen LogP contribution >= 0.6 is 0 Å². The van der Waals surface area contributed by atoms with Gasteiger partial charge >= 0.3 is 5.97 Å². The summed E-state index contributed by atoms with van der Waals surface area (Å²) in [5.74, 6) is 0.411. The molecule has 1 aromatic carbocycles. The van der Waals surface area contributed by atoms with E-state index in [0.717, 1.165) is 22.5 Å². The summed E-state index contributed by atoms with van der Waals surface area (Å²) in [4.78, 5) is 10.6. The lowest BCUT2D eigenvalue weighted by Crippen LogP contribution is -1.92. The maximum Gasteiger partial charge on any atom is 0.328 e. The largest absolute Gasteiger partial charge is 0.496 e. The first-order valence-corrected chi connectivity index (χ1v) is 5.69. The number of rotatable bonds is 4. The molecule has 0 saturated carbocycles. The van der Waals surface area contributed by atoms with E-state index in [9.17, 15) is 4.79 Å². The van der Waals surface area contributed by atoms with Crippen LogP contribution < -0.4 is 9.47 Å². The van der Waals surface area contributed by atoms with Crippen molar-refractivity contribution >= 4 is 22.9 Å². The highest BCUT2D eigenvalue weighted by Crippen LogP contribution is 2.36. The van der Waals surface area contributed by atoms with Crippen molar-refractivity contribution in [2.45, 2.75) is 0 Å². The van der Waals surface area contributed by atoms with Gasteiger partial charge in [-0.3, -0.25) is 0 Å². The fourth-order valence-electron chi connectivity index (χ4n) is 2.14. The van der Waals surface area contributed by atoms with Crippen molar-refractivity contribution < 1.29 is 19.4 Å². The number of nitrogens with zero attached hydrogens (tertiary/aromatic N) is 1. The van der Waals surface area contributed by atoms with Crippen molar-refractivity contribution in [2.75, 3.05) is 14.2 Å². The summed E-state index contributed by atoms with van der Waals surface area (Å²) in [5.41, 5.74) is 1.64. The monoisotopic (exact) mass is 261 g/mol. The average molecular weight is 261 g/mol. The predicted molar refractivity (Wildman–Crippen MR) is 72.7 cm³/mol. The maximum atomic E-state index is 10.6. The summed E-state index contributed by atoms with van der Waals surface area (Å²) in [5, 5.41) is 9.57. The van der Waals surface area contributed by atoms with E-state index >= 15 is 0 Å². The van der Waals surface area contributed by atoms with Crippen molar-refractivity contribution in [3.8, 4) is 11.5 Å². The van der Waals surface area contributed by atoms with E-state index in [2.05, 4.69) is 0 Å². The summed E-state index contributed by atoms with van der Waals surface area (Å²) in [6, 6.07) is 3.63. The molecule has 0 unspecified atom stereocenters. The zero-order valence-electron chi connectivity index (χ0n) is 11.0. The number of aliphatic carboxylic acids is 1. The topological polar surface area (TPSA) is 60.7 Å². The molecule has 5 heteroatoms. The molecule has 19 heavy (non-hydrogen) atoms. The van der Waals surface area contributed by atoms with Crippen molar-refractivity contribution in [2.24, 2.45) is 7.05 Å². The molecule has 1 N–H and O–H groups in total. The van der Waals surface area contributed by atoms with Gasteiger partial charge in [0.25, 0.3) is 0 Å². The molecule has 100 valence electrons. The van der Waals surface area contributed by atoms with Gasteiger partial charge in [0.2, 0.25) is 0 Å². The van der Waals surface area contributed by atoms with E-state index in [1.807, 2.05) is 23.9 Å². The summed E-state index contributed by atoms with van der Waals surface area (Å²) in [6.07, 6.45) is 4.50. The second-order valence-corrected chi connectivity index (χ2v) is 4.06. The number of hydrogen-bond acceptors (Lipinski definition) is 3. The highest BCUT2D eigenvalue weighted by molar-refractivity contribution is 6.00. The Balaban J connectivity index is 2.75. The number of ether oxygens (including phenoxy) is 2. The number of carboxylic acid groups (broad SMARTS) is 1. The Hall–Kier alpha value is -2.43. The third kappa shape index (κ3) is 2.27. The van der Waals surface area contributed by atoms with Crippen molar-refractivity contribution in [3.05, 3.63) is 30.0 Å². The Morgan fingerprint density at radius 3 is 2.47 bits per heavy atom. The molecule has 1 aromatic heterocycles. The third-order valence-corrected chi connectivity index (χ3v) is 2.92. The van der Waals surface area contributed by atoms with E-state index < -0.39 is 5.97 Å². The standard InChI is InChI=1S/C14H15NO4/c1-15-8-9(4-7-12(16)17)13-10(18-2)5-6-11(19-3)14(13)15/h4-8H,1-3H3,(H,16,17)/b7-4+. The van der Waals surface area contributed by atoms with Gasteiger partial charge in [-0.25, -0.2) is 4.79 Å². The van der Waals surface area contributed by atoms with Crippen LogP contribution in [0.4, 0.5) is 0 Å². The third-order valence-electron chi connectivity index (χ3n) is 2.92. The van der Waals surface area contributed by atoms with Gasteiger partial charge in [-0.2, -0.15) is 0 Å². The number of benzene rings is 1. The molecular weight excluding hydrogens is 246 g/mol. The highest BCUT2D eigenvalue weighted by Gasteiger charge is 2.14. The van der Waals surface area contributed by atoms with E-state index in [4.69, 9.17) is 14.6 Å². The van der Waals surface area contributed by atoms with Crippen LogP contribution in [0.15, 0.2) is 24.4 Å². The molecule has 0 aliphatic heterocycles. The first kappa shape index (κ1) is 13.0. The van der Waals surface area contributed by atoms with E-state index in [1.165, 1.54) is 0 Å². The average Bonchev–Trinajstić information content (AvgIpc) is 2.73. The second-order valence-electron chi connectivity index (χ2n) is 4.06. The van der Waals surface area contributed by atoms with E-state index in [-0.39, 0.29) is 0 Å². The van der Waals surface area contributed by atoms with Gasteiger partial charge in [-0.05, 0) is 18.2 Å². The lowest BCUT2D eigenvalue weighted by Gasteiger charge is -2.08. The smallest absolute Gasteiger partial charge is 0.328 e. The minimum atomic E-state index is -0.987. The van der Waals surface area contributed by atoms with Crippen LogP contribution in [0.5, 0.6) is 11.5 Å². The molecule has 0 radical (unpaired) electrons. The first-order chi connectivity index (χ1) is 9.08. The molecule has 0 saturated heterocycles. The number of aryl methyl sites for hydroxylation is 1. The van der Waals surface area contributed by atoms with Gasteiger partial charge in [-0.15, -0.1) is 0 Å². The molecule has 0 atom stereocenters. The lowest BCUT2D eigenvalue weighted by molar-refractivity contribution is -0.131. The molecule has 1 heterocycles. The quantitative estimate of drug-likeness (QED) is 0.858. The van der Waals surface area contributed by atoms with Gasteiger partial charge in [-0.1, -0.05) is 0 Å². The van der Waals surface area contributed by atoms with Gasteiger partial charge in [0.15, 0.2) is 0 Å². The van der Waals surface area contributed by atoms with Crippen LogP contribution in [0, 0.1) is 0 Å². The molecule has 0 spiro atoms. The first-order valence-electron chi connectivity index (χ1n) is 5.69. The highest BCUT2D eigenvalue weighted by atomic mass is 16.5. The number of carbonyl (C=O) groups is 1. The predicted octanol–water partition coefficient (Wildman–Crippen LogP) is 2.29. The number of fused-ring (bicyclic) bond motifs is 1. The fraction of sp³-hybridized carbons (Fsp3) is 0.214. The number of methoxy groups -OCH3 is 2. The summed E-state index contributed by atoms with van der Waals surface area (Å²) in [7, 11) is 5.06. The Kier molecular flexibility index (Phi) is 3.46. The molecule has 0 amide bonds. The Bertz CT molecular complexity index is 655. The lowest BCUT2D eigenvalue weighted by atomic mass is 10.1. The van der Waals surface area contributed by atoms with Gasteiger partial charge in [0.1, 0.15) is 11.5 Å². The minimum Gasteiger partial charge on any atom is -0.496 e. The van der Waals surface area contributed by atoms with Gasteiger partial charge in [0.05, 0.1) is 25.1 Å². The molecule has 0 bridgehead atoms. The Morgan fingerprint density at radius 2 is 1.89 bits per heavy atom. The van der Waals surface area contributed by atoms with Crippen molar-refractivity contribution in [1.29, 1.82) is 0 Å². The van der Waals surface area contributed by atoms with Crippen LogP contribution in [0.1, 0.15) is 5.56 Å². The molecule has 2 rings (SSSR count). The molecule has 0 aliphatic rings. The van der Waals surface area contributed by atoms with Crippen LogP contribution in [-0.2, 0) is 11.8 Å². The van der Waals surface area contributed by atoms with Gasteiger partial charge < -0.3 is 19.1 Å². The van der Waals surface area contributed by atoms with Crippen LogP contribution in [0.2, 0.25) is 0 Å². The van der Waals surface area contributed by atoms with Crippen LogP contribution in [0.3, 0.4) is 0 Å². The van der Waals surface area contributed by atoms with E-state index in [0.29, 0.717) is 11.5 Å². The van der Waals surface area contributed by atoms with Gasteiger partial charge in [0, 0.05) is 24.9 Å². The Morgan fingerprint density at radius 1 is 1.26 bits per heavy atom. The number of hydrogen-bond donors (Lipinski definition) is 1. The maximum absolute atomic E-state index is 10.6. The van der Waals surface area contributed by atoms with E-state index in [1.54, 1.807) is 26.4 Å². The van der Waals surface area contributed by atoms with Crippen molar-refractivity contribution in [1.82, 2.24) is 4.57 Å². The van der Waals surface area contributed by atoms with Crippen LogP contribution in [-0.4, -0.2) is 29.9 Å². The number of aromatic nitrogens is 1. The molecule has 0 fully saturated rings. The molecule has 2 aromatic rings. The molecular formula is C14H15NO4. The SMILES string of the molecule is COc1ccc(OC)c2c1c(/C=C/C(=O)O)cn2C. The molecule has 5 nitrogen and oxygen atoms in total. The minimum absolute atomic E-state index is 0.682. The normalized spacial score (nSPS) is 11.1.